The van der Waals surface area contributed by atoms with Crippen molar-refractivity contribution in [3.05, 3.63) is 0 Å². The number of terminal acetylenes is 1. The number of ether oxygens (including phenoxy) is 1. The molecule has 0 radical (unpaired) electrons. The Morgan fingerprint density at radius 3 is 2.71 bits per heavy atom. The molecule has 1 N–H and O–H groups in total. The normalized spacial score (nSPS) is 36.8. The van der Waals surface area contributed by atoms with E-state index in [9.17, 15) is 0 Å². The van der Waals surface area contributed by atoms with E-state index in [0.717, 1.165) is 6.61 Å². The molecule has 2 rings (SSSR count). The molecule has 2 fully saturated rings. The van der Waals surface area contributed by atoms with Crippen molar-refractivity contribution in [2.75, 3.05) is 6.61 Å². The van der Waals surface area contributed by atoms with Crippen LogP contribution in [0, 0.1) is 29.6 Å². The lowest BCUT2D eigenvalue weighted by Gasteiger charge is -2.60. The van der Waals surface area contributed by atoms with Gasteiger partial charge >= 0.3 is 0 Å². The largest absolute Gasteiger partial charge is 0.377 e. The summed E-state index contributed by atoms with van der Waals surface area (Å²) >= 11 is 0. The van der Waals surface area contributed by atoms with Gasteiger partial charge in [0.1, 0.15) is 0 Å². The Balaban J connectivity index is 2.03. The summed E-state index contributed by atoms with van der Waals surface area (Å²) in [6, 6.07) is 0.693. The van der Waals surface area contributed by atoms with Crippen LogP contribution in [0.2, 0.25) is 0 Å². The van der Waals surface area contributed by atoms with Gasteiger partial charge in [-0.15, -0.1) is 6.42 Å². The van der Waals surface area contributed by atoms with Crippen molar-refractivity contribution in [3.63, 3.8) is 0 Å². The minimum atomic E-state index is 0.183. The molecule has 1 aliphatic carbocycles. The van der Waals surface area contributed by atoms with Crippen molar-refractivity contribution in [2.24, 2.45) is 17.3 Å². The smallest absolute Gasteiger partial charge is 0.0712 e. The maximum atomic E-state index is 5.91. The zero-order chi connectivity index (χ0) is 12.6. The molecule has 1 heterocycles. The van der Waals surface area contributed by atoms with E-state index in [1.807, 2.05) is 0 Å². The molecular weight excluding hydrogens is 210 g/mol. The van der Waals surface area contributed by atoms with Crippen LogP contribution >= 0.6 is 0 Å². The minimum Gasteiger partial charge on any atom is -0.377 e. The number of hydrogen-bond acceptors (Lipinski definition) is 2. The molecule has 0 spiro atoms. The van der Waals surface area contributed by atoms with E-state index in [1.54, 1.807) is 0 Å². The Bertz CT molecular complexity index is 315. The third kappa shape index (κ3) is 2.11. The van der Waals surface area contributed by atoms with Gasteiger partial charge in [-0.05, 0) is 18.8 Å². The first-order valence-corrected chi connectivity index (χ1v) is 6.82. The predicted octanol–water partition coefficient (Wildman–Crippen LogP) is 2.44. The van der Waals surface area contributed by atoms with Crippen molar-refractivity contribution in [1.82, 2.24) is 5.32 Å². The highest BCUT2D eigenvalue weighted by atomic mass is 16.5. The zero-order valence-corrected chi connectivity index (χ0v) is 11.5. The monoisotopic (exact) mass is 235 g/mol. The zero-order valence-electron chi connectivity index (χ0n) is 11.5. The van der Waals surface area contributed by atoms with Crippen LogP contribution in [-0.2, 0) is 4.74 Å². The second-order valence-electron chi connectivity index (χ2n) is 6.45. The topological polar surface area (TPSA) is 21.3 Å². The van der Waals surface area contributed by atoms with E-state index in [-0.39, 0.29) is 11.5 Å². The highest BCUT2D eigenvalue weighted by Gasteiger charge is 2.58. The van der Waals surface area contributed by atoms with E-state index < -0.39 is 0 Å². The summed E-state index contributed by atoms with van der Waals surface area (Å²) in [5.41, 5.74) is 0.217. The third-order valence-corrected chi connectivity index (χ3v) is 4.54. The van der Waals surface area contributed by atoms with Crippen LogP contribution in [0.15, 0.2) is 0 Å². The van der Waals surface area contributed by atoms with Gasteiger partial charge in [-0.1, -0.05) is 33.6 Å². The SMILES string of the molecule is C#CC(NC1C2CCCOC2C1(C)C)C(C)C. The van der Waals surface area contributed by atoms with Crippen LogP contribution in [0.5, 0.6) is 0 Å². The average Bonchev–Trinajstić information content (AvgIpc) is 2.29. The van der Waals surface area contributed by atoms with Gasteiger partial charge in [-0.2, -0.15) is 0 Å². The van der Waals surface area contributed by atoms with Gasteiger partial charge in [0.2, 0.25) is 0 Å². The molecule has 4 unspecified atom stereocenters. The second-order valence-corrected chi connectivity index (χ2v) is 6.45. The van der Waals surface area contributed by atoms with E-state index in [4.69, 9.17) is 11.2 Å². The molecule has 17 heavy (non-hydrogen) atoms. The van der Waals surface area contributed by atoms with Crippen molar-refractivity contribution >= 4 is 0 Å². The molecule has 4 atom stereocenters. The second kappa shape index (κ2) is 4.63. The molecular formula is C15H25NO. The summed E-state index contributed by atoms with van der Waals surface area (Å²) in [7, 11) is 0. The number of rotatable bonds is 3. The van der Waals surface area contributed by atoms with E-state index in [2.05, 4.69) is 38.9 Å². The van der Waals surface area contributed by atoms with Crippen LogP contribution in [0.1, 0.15) is 40.5 Å². The molecule has 0 amide bonds. The lowest BCUT2D eigenvalue weighted by Crippen LogP contribution is -2.70. The lowest BCUT2D eigenvalue weighted by molar-refractivity contribution is -0.194. The molecule has 0 aromatic rings. The first-order valence-electron chi connectivity index (χ1n) is 6.82. The van der Waals surface area contributed by atoms with Gasteiger partial charge in [-0.3, -0.25) is 5.32 Å². The first kappa shape index (κ1) is 12.9. The summed E-state index contributed by atoms with van der Waals surface area (Å²) in [5, 5.41) is 3.68. The fraction of sp³-hybridized carbons (Fsp3) is 0.867. The van der Waals surface area contributed by atoms with Gasteiger partial charge in [0, 0.05) is 24.0 Å². The Labute approximate surface area is 105 Å². The molecule has 0 bridgehead atoms. The number of nitrogens with one attached hydrogen (secondary N) is 1. The Morgan fingerprint density at radius 2 is 2.12 bits per heavy atom. The summed E-state index contributed by atoms with van der Waals surface area (Å²) in [5.74, 6) is 4.03. The average molecular weight is 235 g/mol. The maximum absolute atomic E-state index is 5.91. The van der Waals surface area contributed by atoms with Gasteiger partial charge in [0.15, 0.2) is 0 Å². The highest BCUT2D eigenvalue weighted by Crippen LogP contribution is 2.51. The highest BCUT2D eigenvalue weighted by molar-refractivity contribution is 5.13. The van der Waals surface area contributed by atoms with E-state index >= 15 is 0 Å². The first-order chi connectivity index (χ1) is 7.98. The molecule has 0 aromatic carbocycles. The lowest BCUT2D eigenvalue weighted by atomic mass is 9.55. The Hall–Kier alpha value is -0.520. The van der Waals surface area contributed by atoms with Crippen LogP contribution in [0.25, 0.3) is 0 Å². The van der Waals surface area contributed by atoms with Crippen LogP contribution in [0.4, 0.5) is 0 Å². The van der Waals surface area contributed by atoms with Crippen molar-refractivity contribution in [3.8, 4) is 12.3 Å². The Morgan fingerprint density at radius 1 is 1.41 bits per heavy atom. The summed E-state index contributed by atoms with van der Waals surface area (Å²) in [6.45, 7) is 9.88. The van der Waals surface area contributed by atoms with Crippen LogP contribution < -0.4 is 5.32 Å². The number of fused-ring (bicyclic) bond motifs is 1. The Kier molecular flexibility index (Phi) is 3.52. The van der Waals surface area contributed by atoms with Gasteiger partial charge in [0.25, 0.3) is 0 Å². The van der Waals surface area contributed by atoms with Gasteiger partial charge in [-0.25, -0.2) is 0 Å². The maximum Gasteiger partial charge on any atom is 0.0712 e. The molecule has 2 heteroatoms. The summed E-state index contributed by atoms with van der Waals surface area (Å²) in [6.07, 6.45) is 8.51. The quantitative estimate of drug-likeness (QED) is 0.759. The van der Waals surface area contributed by atoms with Gasteiger partial charge in [0.05, 0.1) is 12.1 Å². The predicted molar refractivity (Wildman–Crippen MR) is 70.6 cm³/mol. The van der Waals surface area contributed by atoms with Crippen molar-refractivity contribution in [1.29, 1.82) is 0 Å². The number of hydrogen-bond donors (Lipinski definition) is 1. The third-order valence-electron chi connectivity index (χ3n) is 4.54. The molecule has 1 aliphatic heterocycles. The fourth-order valence-electron chi connectivity index (χ4n) is 3.49. The van der Waals surface area contributed by atoms with Gasteiger partial charge < -0.3 is 4.74 Å². The standard InChI is InChI=1S/C15H25NO/c1-6-12(10(2)3)16-13-11-8-7-9-17-14(11)15(13,4)5/h1,10-14,16H,7-9H2,2-5H3. The minimum absolute atomic E-state index is 0.183. The molecule has 1 saturated heterocycles. The summed E-state index contributed by atoms with van der Waals surface area (Å²) < 4.78 is 5.91. The van der Waals surface area contributed by atoms with Crippen LogP contribution in [0.3, 0.4) is 0 Å². The molecule has 96 valence electrons. The van der Waals surface area contributed by atoms with E-state index in [0.29, 0.717) is 24.0 Å². The van der Waals surface area contributed by atoms with Crippen molar-refractivity contribution < 1.29 is 4.74 Å². The molecule has 1 saturated carbocycles. The molecule has 2 aliphatic rings. The molecule has 2 nitrogen and oxygen atoms in total. The molecule has 0 aromatic heterocycles. The van der Waals surface area contributed by atoms with E-state index in [1.165, 1.54) is 12.8 Å². The van der Waals surface area contributed by atoms with Crippen molar-refractivity contribution in [2.45, 2.75) is 58.7 Å². The fourth-order valence-corrected chi connectivity index (χ4v) is 3.49. The van der Waals surface area contributed by atoms with Crippen LogP contribution in [-0.4, -0.2) is 24.8 Å². The summed E-state index contributed by atoms with van der Waals surface area (Å²) in [4.78, 5) is 0.